The molecule has 1 aromatic rings. The summed E-state index contributed by atoms with van der Waals surface area (Å²) in [6, 6.07) is 6.42. The van der Waals surface area contributed by atoms with Crippen LogP contribution in [0.2, 0.25) is 0 Å². The van der Waals surface area contributed by atoms with E-state index in [4.69, 9.17) is 0 Å². The van der Waals surface area contributed by atoms with E-state index in [0.717, 1.165) is 30.2 Å². The highest BCUT2D eigenvalue weighted by molar-refractivity contribution is 9.10. The third-order valence-electron chi connectivity index (χ3n) is 4.94. The van der Waals surface area contributed by atoms with Gasteiger partial charge in [-0.15, -0.1) is 0 Å². The van der Waals surface area contributed by atoms with Gasteiger partial charge in [0.1, 0.15) is 0 Å². The summed E-state index contributed by atoms with van der Waals surface area (Å²) in [4.78, 5) is 0. The van der Waals surface area contributed by atoms with Crippen molar-refractivity contribution < 1.29 is 9.32 Å². The Bertz CT molecular complexity index is 577. The first kappa shape index (κ1) is 20.1. The second kappa shape index (κ2) is 8.43. The minimum atomic E-state index is -1.07. The lowest BCUT2D eigenvalue weighted by molar-refractivity contribution is 0.101. The predicted molar refractivity (Wildman–Crippen MR) is 105 cm³/mol. The Morgan fingerprint density at radius 2 is 1.92 bits per heavy atom. The SMILES string of the molecule is Cc1ccc(Br)cc1C(CNS(=O)C(C)(C)C)C1CCC(O)CC1. The maximum Gasteiger partial charge on any atom is 0.0970 e. The minimum Gasteiger partial charge on any atom is -0.393 e. The van der Waals surface area contributed by atoms with Crippen LogP contribution in [0, 0.1) is 12.8 Å². The normalized spacial score (nSPS) is 24.6. The molecule has 2 unspecified atom stereocenters. The van der Waals surface area contributed by atoms with Crippen molar-refractivity contribution in [3.8, 4) is 0 Å². The maximum atomic E-state index is 12.4. The fourth-order valence-corrected chi connectivity index (χ4v) is 4.57. The van der Waals surface area contributed by atoms with Gasteiger partial charge in [0.05, 0.1) is 21.8 Å². The molecule has 2 atom stereocenters. The molecule has 0 spiro atoms. The van der Waals surface area contributed by atoms with Crippen molar-refractivity contribution in [2.24, 2.45) is 5.92 Å². The molecule has 2 N–H and O–H groups in total. The Labute approximate surface area is 157 Å². The topological polar surface area (TPSA) is 49.3 Å². The van der Waals surface area contributed by atoms with Gasteiger partial charge in [0.25, 0.3) is 0 Å². The van der Waals surface area contributed by atoms with Crippen LogP contribution >= 0.6 is 15.9 Å². The number of nitrogens with one attached hydrogen (secondary N) is 1. The Balaban J connectivity index is 2.21. The van der Waals surface area contributed by atoms with Gasteiger partial charge in [-0.25, -0.2) is 8.93 Å². The van der Waals surface area contributed by atoms with E-state index in [1.807, 2.05) is 20.8 Å². The van der Waals surface area contributed by atoms with Gasteiger partial charge in [-0.05, 0) is 82.6 Å². The first-order chi connectivity index (χ1) is 11.2. The van der Waals surface area contributed by atoms with Crippen molar-refractivity contribution in [1.82, 2.24) is 4.72 Å². The zero-order valence-corrected chi connectivity index (χ0v) is 17.5. The highest BCUT2D eigenvalue weighted by Crippen LogP contribution is 2.38. The van der Waals surface area contributed by atoms with Crippen molar-refractivity contribution in [3.05, 3.63) is 33.8 Å². The lowest BCUT2D eigenvalue weighted by Crippen LogP contribution is -2.38. The first-order valence-electron chi connectivity index (χ1n) is 8.78. The first-order valence-corrected chi connectivity index (χ1v) is 10.7. The number of hydrogen-bond acceptors (Lipinski definition) is 2. The predicted octanol–water partition coefficient (Wildman–Crippen LogP) is 4.44. The third kappa shape index (κ3) is 5.38. The van der Waals surface area contributed by atoms with Crippen LogP contribution in [0.4, 0.5) is 0 Å². The molecule has 1 saturated carbocycles. The Morgan fingerprint density at radius 1 is 1.29 bits per heavy atom. The Kier molecular flexibility index (Phi) is 7.06. The fourth-order valence-electron chi connectivity index (χ4n) is 3.43. The smallest absolute Gasteiger partial charge is 0.0970 e. The molecular weight excluding hydrogens is 386 g/mol. The summed E-state index contributed by atoms with van der Waals surface area (Å²) in [6.07, 6.45) is 3.65. The molecule has 1 aromatic carbocycles. The monoisotopic (exact) mass is 415 g/mol. The second-order valence-corrected chi connectivity index (χ2v) is 10.9. The molecule has 24 heavy (non-hydrogen) atoms. The Hall–Kier alpha value is -0.230. The molecule has 0 saturated heterocycles. The molecule has 0 amide bonds. The number of aryl methyl sites for hydroxylation is 1. The summed E-state index contributed by atoms with van der Waals surface area (Å²) >= 11 is 3.59. The third-order valence-corrected chi connectivity index (χ3v) is 6.98. The van der Waals surface area contributed by atoms with E-state index in [-0.39, 0.29) is 10.9 Å². The lowest BCUT2D eigenvalue weighted by Gasteiger charge is -2.34. The molecule has 1 aliphatic rings. The average Bonchev–Trinajstić information content (AvgIpc) is 2.51. The number of aliphatic hydroxyl groups is 1. The van der Waals surface area contributed by atoms with Gasteiger partial charge in [-0.1, -0.05) is 22.0 Å². The second-order valence-electron chi connectivity index (χ2n) is 7.91. The van der Waals surface area contributed by atoms with Crippen molar-refractivity contribution in [3.63, 3.8) is 0 Å². The van der Waals surface area contributed by atoms with Crippen LogP contribution in [0.15, 0.2) is 22.7 Å². The van der Waals surface area contributed by atoms with Crippen LogP contribution in [0.25, 0.3) is 0 Å². The number of halogens is 1. The number of hydrogen-bond donors (Lipinski definition) is 2. The molecule has 136 valence electrons. The number of benzene rings is 1. The molecule has 5 heteroatoms. The molecule has 0 radical (unpaired) electrons. The maximum absolute atomic E-state index is 12.4. The summed E-state index contributed by atoms with van der Waals surface area (Å²) in [5, 5.41) is 9.83. The van der Waals surface area contributed by atoms with Gasteiger partial charge in [0.2, 0.25) is 0 Å². The van der Waals surface area contributed by atoms with E-state index in [2.05, 4.69) is 45.8 Å². The van der Waals surface area contributed by atoms with Crippen LogP contribution in [-0.2, 0) is 11.0 Å². The van der Waals surface area contributed by atoms with Crippen LogP contribution in [-0.4, -0.2) is 26.7 Å². The highest BCUT2D eigenvalue weighted by Gasteiger charge is 2.30. The van der Waals surface area contributed by atoms with Gasteiger partial charge in [0, 0.05) is 16.9 Å². The molecular formula is C19H30BrNO2S. The Morgan fingerprint density at radius 3 is 2.50 bits per heavy atom. The summed E-state index contributed by atoms with van der Waals surface area (Å²) in [7, 11) is -1.07. The van der Waals surface area contributed by atoms with E-state index >= 15 is 0 Å². The zero-order valence-electron chi connectivity index (χ0n) is 15.1. The summed E-state index contributed by atoms with van der Waals surface area (Å²) in [5.74, 6) is 0.840. The van der Waals surface area contributed by atoms with E-state index in [0.29, 0.717) is 18.4 Å². The van der Waals surface area contributed by atoms with Crippen LogP contribution in [0.5, 0.6) is 0 Å². The quantitative estimate of drug-likeness (QED) is 0.746. The number of rotatable bonds is 5. The average molecular weight is 416 g/mol. The van der Waals surface area contributed by atoms with E-state index in [1.54, 1.807) is 0 Å². The van der Waals surface area contributed by atoms with Gasteiger partial charge in [-0.2, -0.15) is 0 Å². The molecule has 2 rings (SSSR count). The highest BCUT2D eigenvalue weighted by atomic mass is 79.9. The van der Waals surface area contributed by atoms with Crippen molar-refractivity contribution >= 4 is 26.9 Å². The summed E-state index contributed by atoms with van der Waals surface area (Å²) in [5.41, 5.74) is 2.60. The van der Waals surface area contributed by atoms with E-state index in [9.17, 15) is 9.32 Å². The molecule has 3 nitrogen and oxygen atoms in total. The van der Waals surface area contributed by atoms with Crippen LogP contribution < -0.4 is 4.72 Å². The largest absolute Gasteiger partial charge is 0.393 e. The van der Waals surface area contributed by atoms with Crippen molar-refractivity contribution in [2.75, 3.05) is 6.54 Å². The summed E-state index contributed by atoms with van der Waals surface area (Å²) < 4.78 is 16.5. The molecule has 0 aliphatic heterocycles. The standard InChI is InChI=1S/C19H30BrNO2S/c1-13-5-8-15(20)11-17(13)18(12-21-24(23)19(2,3)4)14-6-9-16(22)10-7-14/h5,8,11,14,16,18,21-22H,6-7,9-10,12H2,1-4H3. The zero-order chi connectivity index (χ0) is 17.9. The van der Waals surface area contributed by atoms with Crippen LogP contribution in [0.3, 0.4) is 0 Å². The van der Waals surface area contributed by atoms with E-state index in [1.165, 1.54) is 11.1 Å². The minimum absolute atomic E-state index is 0.151. The molecule has 0 heterocycles. The van der Waals surface area contributed by atoms with E-state index < -0.39 is 11.0 Å². The molecule has 1 aliphatic carbocycles. The fraction of sp³-hybridized carbons (Fsp3) is 0.684. The van der Waals surface area contributed by atoms with Crippen molar-refractivity contribution in [2.45, 2.75) is 70.1 Å². The van der Waals surface area contributed by atoms with Crippen molar-refractivity contribution in [1.29, 1.82) is 0 Å². The molecule has 0 aromatic heterocycles. The summed E-state index contributed by atoms with van der Waals surface area (Å²) in [6.45, 7) is 8.83. The van der Waals surface area contributed by atoms with Gasteiger partial charge in [-0.3, -0.25) is 0 Å². The van der Waals surface area contributed by atoms with Gasteiger partial charge < -0.3 is 5.11 Å². The van der Waals surface area contributed by atoms with Gasteiger partial charge >= 0.3 is 0 Å². The lowest BCUT2D eigenvalue weighted by atomic mass is 9.75. The van der Waals surface area contributed by atoms with Gasteiger partial charge in [0.15, 0.2) is 0 Å². The number of aliphatic hydroxyl groups excluding tert-OH is 1. The molecule has 0 bridgehead atoms. The van der Waals surface area contributed by atoms with Crippen LogP contribution in [0.1, 0.15) is 63.5 Å². The molecule has 1 fully saturated rings.